The second-order valence-corrected chi connectivity index (χ2v) is 5.86. The summed E-state index contributed by atoms with van der Waals surface area (Å²) in [7, 11) is -3.57. The largest absolute Gasteiger partial charge is 0.387 e. The summed E-state index contributed by atoms with van der Waals surface area (Å²) in [6, 6.07) is 17.0. The van der Waals surface area contributed by atoms with E-state index in [0.29, 0.717) is 5.56 Å². The molecule has 0 bridgehead atoms. The number of nitrogens with one attached hydrogen (secondary N) is 1. The highest BCUT2D eigenvalue weighted by Crippen LogP contribution is 2.13. The molecule has 0 amide bonds. The van der Waals surface area contributed by atoms with E-state index in [4.69, 9.17) is 0 Å². The van der Waals surface area contributed by atoms with Crippen molar-refractivity contribution in [1.82, 2.24) is 4.72 Å². The van der Waals surface area contributed by atoms with Crippen LogP contribution in [0.1, 0.15) is 11.7 Å². The van der Waals surface area contributed by atoms with Crippen LogP contribution in [-0.2, 0) is 10.0 Å². The summed E-state index contributed by atoms with van der Waals surface area (Å²) in [5.74, 6) is 0. The first-order valence-corrected chi connectivity index (χ1v) is 7.35. The zero-order chi connectivity index (χ0) is 13.7. The van der Waals surface area contributed by atoms with E-state index in [1.807, 2.05) is 6.07 Å². The smallest absolute Gasteiger partial charge is 0.240 e. The van der Waals surface area contributed by atoms with Crippen molar-refractivity contribution >= 4 is 10.0 Å². The molecule has 0 fully saturated rings. The Labute approximate surface area is 112 Å². The quantitative estimate of drug-likeness (QED) is 0.874. The lowest BCUT2D eigenvalue weighted by Crippen LogP contribution is -2.28. The van der Waals surface area contributed by atoms with Gasteiger partial charge in [0.1, 0.15) is 0 Å². The molecule has 0 saturated carbocycles. The van der Waals surface area contributed by atoms with E-state index in [2.05, 4.69) is 4.72 Å². The van der Waals surface area contributed by atoms with Crippen LogP contribution in [0.15, 0.2) is 65.6 Å². The first-order valence-electron chi connectivity index (χ1n) is 5.87. The molecule has 4 nitrogen and oxygen atoms in total. The minimum atomic E-state index is -3.57. The van der Waals surface area contributed by atoms with Crippen molar-refractivity contribution in [2.45, 2.75) is 11.0 Å². The van der Waals surface area contributed by atoms with Gasteiger partial charge in [-0.15, -0.1) is 0 Å². The predicted molar refractivity (Wildman–Crippen MR) is 73.0 cm³/mol. The molecule has 2 aromatic rings. The van der Waals surface area contributed by atoms with Crippen molar-refractivity contribution in [2.75, 3.05) is 6.54 Å². The number of rotatable bonds is 5. The summed E-state index contributed by atoms with van der Waals surface area (Å²) in [6.07, 6.45) is -0.861. The molecule has 5 heteroatoms. The number of hydrogen-bond donors (Lipinski definition) is 2. The first kappa shape index (κ1) is 13.7. The summed E-state index contributed by atoms with van der Waals surface area (Å²) in [5.41, 5.74) is 0.679. The summed E-state index contributed by atoms with van der Waals surface area (Å²) in [4.78, 5) is 0.190. The predicted octanol–water partition coefficient (Wildman–Crippen LogP) is 1.70. The van der Waals surface area contributed by atoms with Gasteiger partial charge in [0.2, 0.25) is 10.0 Å². The normalized spacial score (nSPS) is 13.1. The number of aliphatic hydroxyl groups is 1. The minimum Gasteiger partial charge on any atom is -0.387 e. The molecule has 0 aliphatic rings. The minimum absolute atomic E-state index is 0.0543. The fourth-order valence-electron chi connectivity index (χ4n) is 1.66. The van der Waals surface area contributed by atoms with Gasteiger partial charge < -0.3 is 5.11 Å². The summed E-state index contributed by atoms with van der Waals surface area (Å²) in [6.45, 7) is -0.0543. The third kappa shape index (κ3) is 3.64. The standard InChI is InChI=1S/C14H15NO3S/c16-14(12-7-3-1-4-8-12)11-15-19(17,18)13-9-5-2-6-10-13/h1-10,14-16H,11H2. The molecule has 1 atom stereocenters. The molecule has 0 aliphatic carbocycles. The fraction of sp³-hybridized carbons (Fsp3) is 0.143. The Morgan fingerprint density at radius 1 is 0.947 bits per heavy atom. The van der Waals surface area contributed by atoms with Crippen LogP contribution in [0.25, 0.3) is 0 Å². The Morgan fingerprint density at radius 2 is 1.47 bits per heavy atom. The molecule has 2 rings (SSSR count). The van der Waals surface area contributed by atoms with Gasteiger partial charge in [0, 0.05) is 6.54 Å². The average Bonchev–Trinajstić information content (AvgIpc) is 2.47. The molecule has 0 aliphatic heterocycles. The molecule has 100 valence electrons. The van der Waals surface area contributed by atoms with Crippen LogP contribution in [0.5, 0.6) is 0 Å². The van der Waals surface area contributed by atoms with Crippen LogP contribution in [0.4, 0.5) is 0 Å². The van der Waals surface area contributed by atoms with Gasteiger partial charge in [-0.05, 0) is 17.7 Å². The van der Waals surface area contributed by atoms with Crippen molar-refractivity contribution in [3.05, 3.63) is 66.2 Å². The van der Waals surface area contributed by atoms with Crippen molar-refractivity contribution in [2.24, 2.45) is 0 Å². The molecule has 0 radical (unpaired) electrons. The Balaban J connectivity index is 2.03. The van der Waals surface area contributed by atoms with E-state index in [-0.39, 0.29) is 11.4 Å². The number of sulfonamides is 1. The first-order chi connectivity index (χ1) is 9.09. The van der Waals surface area contributed by atoms with Crippen molar-refractivity contribution in [3.63, 3.8) is 0 Å². The van der Waals surface area contributed by atoms with Crippen LogP contribution >= 0.6 is 0 Å². The number of benzene rings is 2. The lowest BCUT2D eigenvalue weighted by molar-refractivity contribution is 0.182. The van der Waals surface area contributed by atoms with E-state index in [9.17, 15) is 13.5 Å². The van der Waals surface area contributed by atoms with Crippen molar-refractivity contribution < 1.29 is 13.5 Å². The van der Waals surface area contributed by atoms with Crippen LogP contribution in [0.2, 0.25) is 0 Å². The van der Waals surface area contributed by atoms with Gasteiger partial charge >= 0.3 is 0 Å². The van der Waals surface area contributed by atoms with Gasteiger partial charge in [0.05, 0.1) is 11.0 Å². The molecule has 2 aromatic carbocycles. The topological polar surface area (TPSA) is 66.4 Å². The lowest BCUT2D eigenvalue weighted by Gasteiger charge is -2.12. The maximum atomic E-state index is 11.9. The molecule has 2 N–H and O–H groups in total. The highest BCUT2D eigenvalue weighted by atomic mass is 32.2. The van der Waals surface area contributed by atoms with Gasteiger partial charge in [-0.25, -0.2) is 13.1 Å². The Hall–Kier alpha value is -1.69. The average molecular weight is 277 g/mol. The summed E-state index contributed by atoms with van der Waals surface area (Å²) in [5, 5.41) is 9.90. The Kier molecular flexibility index (Phi) is 4.31. The third-order valence-corrected chi connectivity index (χ3v) is 4.14. The molecule has 0 heterocycles. The highest BCUT2D eigenvalue weighted by molar-refractivity contribution is 7.89. The Morgan fingerprint density at radius 3 is 2.05 bits per heavy atom. The van der Waals surface area contributed by atoms with E-state index in [0.717, 1.165) is 0 Å². The Bertz CT molecular complexity index is 612. The molecule has 19 heavy (non-hydrogen) atoms. The molecule has 0 saturated heterocycles. The van der Waals surface area contributed by atoms with Gasteiger partial charge in [0.25, 0.3) is 0 Å². The molecular weight excluding hydrogens is 262 g/mol. The lowest BCUT2D eigenvalue weighted by atomic mass is 10.1. The van der Waals surface area contributed by atoms with E-state index >= 15 is 0 Å². The van der Waals surface area contributed by atoms with Crippen molar-refractivity contribution in [1.29, 1.82) is 0 Å². The number of hydrogen-bond acceptors (Lipinski definition) is 3. The van der Waals surface area contributed by atoms with E-state index < -0.39 is 16.1 Å². The second-order valence-electron chi connectivity index (χ2n) is 4.09. The van der Waals surface area contributed by atoms with Gasteiger partial charge in [-0.2, -0.15) is 0 Å². The fourth-order valence-corrected chi connectivity index (χ4v) is 2.72. The van der Waals surface area contributed by atoms with Gasteiger partial charge in [-0.3, -0.25) is 0 Å². The highest BCUT2D eigenvalue weighted by Gasteiger charge is 2.15. The second kappa shape index (κ2) is 5.97. The summed E-state index contributed by atoms with van der Waals surface area (Å²) >= 11 is 0. The number of aliphatic hydroxyl groups excluding tert-OH is 1. The monoisotopic (exact) mass is 277 g/mol. The van der Waals surface area contributed by atoms with Crippen molar-refractivity contribution in [3.8, 4) is 0 Å². The molecular formula is C14H15NO3S. The zero-order valence-corrected chi connectivity index (χ0v) is 11.0. The zero-order valence-electron chi connectivity index (χ0n) is 10.2. The summed E-state index contributed by atoms with van der Waals surface area (Å²) < 4.78 is 26.3. The maximum absolute atomic E-state index is 11.9. The van der Waals surface area contributed by atoms with Gasteiger partial charge in [0.15, 0.2) is 0 Å². The van der Waals surface area contributed by atoms with E-state index in [1.54, 1.807) is 42.5 Å². The van der Waals surface area contributed by atoms with E-state index in [1.165, 1.54) is 12.1 Å². The maximum Gasteiger partial charge on any atom is 0.240 e. The van der Waals surface area contributed by atoms with Crippen LogP contribution in [0, 0.1) is 0 Å². The molecule has 0 spiro atoms. The van der Waals surface area contributed by atoms with Crippen LogP contribution < -0.4 is 4.72 Å². The van der Waals surface area contributed by atoms with Crippen LogP contribution in [-0.4, -0.2) is 20.1 Å². The molecule has 1 unspecified atom stereocenters. The SMILES string of the molecule is O=S(=O)(NCC(O)c1ccccc1)c1ccccc1. The molecule has 0 aromatic heterocycles. The third-order valence-electron chi connectivity index (χ3n) is 2.70. The van der Waals surface area contributed by atoms with Crippen LogP contribution in [0.3, 0.4) is 0 Å². The van der Waals surface area contributed by atoms with Gasteiger partial charge in [-0.1, -0.05) is 48.5 Å².